The van der Waals surface area contributed by atoms with Gasteiger partial charge in [-0.05, 0) is 24.6 Å². The second kappa shape index (κ2) is 4.56. The SMILES string of the molecule is CCc1nc(C(=O)O)nn1-c1cc(F)ccc1C. The molecule has 1 N–H and O–H groups in total. The summed E-state index contributed by atoms with van der Waals surface area (Å²) in [6.45, 7) is 3.64. The van der Waals surface area contributed by atoms with Crippen molar-refractivity contribution >= 4 is 5.97 Å². The summed E-state index contributed by atoms with van der Waals surface area (Å²) in [5.74, 6) is -1.39. The van der Waals surface area contributed by atoms with Gasteiger partial charge in [0.15, 0.2) is 0 Å². The van der Waals surface area contributed by atoms with Crippen LogP contribution >= 0.6 is 0 Å². The van der Waals surface area contributed by atoms with E-state index in [1.165, 1.54) is 16.8 Å². The van der Waals surface area contributed by atoms with Crippen molar-refractivity contribution in [1.82, 2.24) is 14.8 Å². The van der Waals surface area contributed by atoms with Crippen molar-refractivity contribution in [2.24, 2.45) is 0 Å². The predicted molar refractivity (Wildman–Crippen MR) is 62.4 cm³/mol. The smallest absolute Gasteiger partial charge is 0.375 e. The molecule has 2 rings (SSSR count). The van der Waals surface area contributed by atoms with E-state index >= 15 is 0 Å². The summed E-state index contributed by atoms with van der Waals surface area (Å²) in [6.07, 6.45) is 0.510. The number of halogens is 1. The first-order valence-corrected chi connectivity index (χ1v) is 5.48. The van der Waals surface area contributed by atoms with Gasteiger partial charge >= 0.3 is 5.97 Å². The highest BCUT2D eigenvalue weighted by molar-refractivity contribution is 5.83. The lowest BCUT2D eigenvalue weighted by atomic mass is 10.2. The maximum atomic E-state index is 13.3. The van der Waals surface area contributed by atoms with Gasteiger partial charge in [-0.2, -0.15) is 0 Å². The number of nitrogens with zero attached hydrogens (tertiary/aromatic N) is 3. The van der Waals surface area contributed by atoms with Crippen LogP contribution in [-0.4, -0.2) is 25.8 Å². The van der Waals surface area contributed by atoms with E-state index in [1.54, 1.807) is 13.0 Å². The van der Waals surface area contributed by atoms with Crippen molar-refractivity contribution in [3.63, 3.8) is 0 Å². The molecule has 6 heteroatoms. The molecular formula is C12H12FN3O2. The molecule has 0 amide bonds. The van der Waals surface area contributed by atoms with Gasteiger partial charge in [-0.1, -0.05) is 13.0 Å². The van der Waals surface area contributed by atoms with E-state index < -0.39 is 11.8 Å². The molecule has 0 fully saturated rings. The van der Waals surface area contributed by atoms with Gasteiger partial charge in [0.25, 0.3) is 5.82 Å². The van der Waals surface area contributed by atoms with E-state index in [1.807, 2.05) is 6.92 Å². The summed E-state index contributed by atoms with van der Waals surface area (Å²) in [7, 11) is 0. The third kappa shape index (κ3) is 2.09. The molecule has 18 heavy (non-hydrogen) atoms. The van der Waals surface area contributed by atoms with Crippen LogP contribution in [-0.2, 0) is 6.42 Å². The van der Waals surface area contributed by atoms with E-state index in [4.69, 9.17) is 5.11 Å². The molecule has 0 aliphatic carbocycles. The molecule has 0 saturated heterocycles. The Morgan fingerprint density at radius 2 is 2.22 bits per heavy atom. The van der Waals surface area contributed by atoms with Gasteiger partial charge in [0.2, 0.25) is 0 Å². The Kier molecular flexibility index (Phi) is 3.10. The van der Waals surface area contributed by atoms with Gasteiger partial charge in [0.05, 0.1) is 5.69 Å². The van der Waals surface area contributed by atoms with Crippen LogP contribution in [0.1, 0.15) is 28.9 Å². The first kappa shape index (κ1) is 12.2. The highest BCUT2D eigenvalue weighted by Crippen LogP contribution is 2.17. The van der Waals surface area contributed by atoms with Gasteiger partial charge in [0.1, 0.15) is 11.6 Å². The zero-order chi connectivity index (χ0) is 13.3. The van der Waals surface area contributed by atoms with Gasteiger partial charge < -0.3 is 5.11 Å². The number of benzene rings is 1. The number of hydrogen-bond donors (Lipinski definition) is 1. The van der Waals surface area contributed by atoms with Crippen LogP contribution in [0.15, 0.2) is 18.2 Å². The second-order valence-electron chi connectivity index (χ2n) is 3.85. The normalized spacial score (nSPS) is 10.6. The number of hydrogen-bond acceptors (Lipinski definition) is 3. The maximum Gasteiger partial charge on any atom is 0.375 e. The summed E-state index contributed by atoms with van der Waals surface area (Å²) in [4.78, 5) is 14.8. The fourth-order valence-corrected chi connectivity index (χ4v) is 1.67. The Hall–Kier alpha value is -2.24. The van der Waals surface area contributed by atoms with Gasteiger partial charge in [-0.25, -0.2) is 18.9 Å². The van der Waals surface area contributed by atoms with Crippen molar-refractivity contribution in [1.29, 1.82) is 0 Å². The van der Waals surface area contributed by atoms with Gasteiger partial charge in [-0.15, -0.1) is 5.10 Å². The van der Waals surface area contributed by atoms with Crippen molar-refractivity contribution in [2.75, 3.05) is 0 Å². The molecule has 94 valence electrons. The molecule has 0 spiro atoms. The molecule has 1 heterocycles. The van der Waals surface area contributed by atoms with Crippen LogP contribution in [0.5, 0.6) is 0 Å². The molecule has 0 atom stereocenters. The average molecular weight is 249 g/mol. The molecular weight excluding hydrogens is 237 g/mol. The van der Waals surface area contributed by atoms with Crippen molar-refractivity contribution in [3.05, 3.63) is 41.2 Å². The minimum absolute atomic E-state index is 0.282. The summed E-state index contributed by atoms with van der Waals surface area (Å²) in [5, 5.41) is 12.8. The Bertz CT molecular complexity index is 607. The number of aromatic nitrogens is 3. The summed E-state index contributed by atoms with van der Waals surface area (Å²) in [6, 6.07) is 4.28. The number of aryl methyl sites for hydroxylation is 2. The number of carboxylic acid groups (broad SMARTS) is 1. The van der Waals surface area contributed by atoms with E-state index in [-0.39, 0.29) is 5.82 Å². The minimum atomic E-state index is -1.20. The van der Waals surface area contributed by atoms with Crippen molar-refractivity contribution in [2.45, 2.75) is 20.3 Å². The Morgan fingerprint density at radius 3 is 2.83 bits per heavy atom. The molecule has 0 unspecified atom stereocenters. The van der Waals surface area contributed by atoms with Crippen LogP contribution in [0.4, 0.5) is 4.39 Å². The third-order valence-electron chi connectivity index (χ3n) is 2.58. The highest BCUT2D eigenvalue weighted by Gasteiger charge is 2.16. The second-order valence-corrected chi connectivity index (χ2v) is 3.85. The van der Waals surface area contributed by atoms with E-state index in [2.05, 4.69) is 10.1 Å². The van der Waals surface area contributed by atoms with Gasteiger partial charge in [0, 0.05) is 6.42 Å². The molecule has 5 nitrogen and oxygen atoms in total. The Balaban J connectivity index is 2.62. The molecule has 1 aromatic carbocycles. The number of aromatic carboxylic acids is 1. The molecule has 2 aromatic rings. The Labute approximate surface area is 103 Å². The van der Waals surface area contributed by atoms with Crippen LogP contribution in [0.2, 0.25) is 0 Å². The monoisotopic (exact) mass is 249 g/mol. The standard InChI is InChI=1S/C12H12FN3O2/c1-3-10-14-11(12(17)18)15-16(10)9-6-8(13)5-4-7(9)2/h4-6H,3H2,1-2H3,(H,17,18). The predicted octanol–water partition coefficient (Wildman–Crippen LogP) is 1.98. The largest absolute Gasteiger partial charge is 0.475 e. The number of rotatable bonds is 3. The van der Waals surface area contributed by atoms with Crippen LogP contribution in [0, 0.1) is 12.7 Å². The van der Waals surface area contributed by atoms with Crippen molar-refractivity contribution in [3.8, 4) is 5.69 Å². The van der Waals surface area contributed by atoms with Crippen LogP contribution in [0.3, 0.4) is 0 Å². The highest BCUT2D eigenvalue weighted by atomic mass is 19.1. The van der Waals surface area contributed by atoms with E-state index in [9.17, 15) is 9.18 Å². The molecule has 0 saturated carbocycles. The molecule has 0 bridgehead atoms. The lowest BCUT2D eigenvalue weighted by Crippen LogP contribution is -2.05. The third-order valence-corrected chi connectivity index (χ3v) is 2.58. The zero-order valence-corrected chi connectivity index (χ0v) is 10.0. The first-order chi connectivity index (χ1) is 8.52. The first-order valence-electron chi connectivity index (χ1n) is 5.48. The molecule has 0 aliphatic heterocycles. The molecule has 1 aromatic heterocycles. The number of carboxylic acids is 1. The number of carbonyl (C=O) groups is 1. The van der Waals surface area contributed by atoms with Crippen LogP contribution in [0.25, 0.3) is 5.69 Å². The minimum Gasteiger partial charge on any atom is -0.475 e. The molecule has 0 aliphatic rings. The fraction of sp³-hybridized carbons (Fsp3) is 0.250. The summed E-state index contributed by atoms with van der Waals surface area (Å²) < 4.78 is 14.6. The lowest BCUT2D eigenvalue weighted by molar-refractivity contribution is 0.0683. The molecule has 0 radical (unpaired) electrons. The quantitative estimate of drug-likeness (QED) is 0.903. The fourth-order valence-electron chi connectivity index (χ4n) is 1.67. The Morgan fingerprint density at radius 1 is 1.50 bits per heavy atom. The van der Waals surface area contributed by atoms with Crippen molar-refractivity contribution < 1.29 is 14.3 Å². The van der Waals surface area contributed by atoms with E-state index in [0.29, 0.717) is 17.9 Å². The zero-order valence-electron chi connectivity index (χ0n) is 10.0. The topological polar surface area (TPSA) is 68.0 Å². The van der Waals surface area contributed by atoms with Crippen LogP contribution < -0.4 is 0 Å². The summed E-state index contributed by atoms with van der Waals surface area (Å²) in [5.41, 5.74) is 1.31. The maximum absolute atomic E-state index is 13.3. The summed E-state index contributed by atoms with van der Waals surface area (Å²) >= 11 is 0. The lowest BCUT2D eigenvalue weighted by Gasteiger charge is -2.07. The average Bonchev–Trinajstić information content (AvgIpc) is 2.76. The van der Waals surface area contributed by atoms with E-state index in [0.717, 1.165) is 5.56 Å². The van der Waals surface area contributed by atoms with Gasteiger partial charge in [-0.3, -0.25) is 0 Å².